The Labute approximate surface area is 119 Å². The van der Waals surface area contributed by atoms with Crippen LogP contribution in [0.15, 0.2) is 0 Å². The summed E-state index contributed by atoms with van der Waals surface area (Å²) in [5.74, 6) is 0. The van der Waals surface area contributed by atoms with Crippen molar-refractivity contribution in [2.75, 3.05) is 0 Å². The molecule has 0 saturated heterocycles. The summed E-state index contributed by atoms with van der Waals surface area (Å²) in [6, 6.07) is 0. The third-order valence-corrected chi connectivity index (χ3v) is 3.26. The molecular weight excluding hydrogens is 239 g/mol. The molecule has 0 bridgehead atoms. The third kappa shape index (κ3) is 2.76. The Morgan fingerprint density at radius 1 is 0.615 bits per heavy atom. The van der Waals surface area contributed by atoms with Gasteiger partial charge in [-0.15, -0.1) is 0 Å². The number of rotatable bonds is 0. The molecule has 0 aromatic rings. The molecule has 0 aliphatic rings. The zero-order valence-electron chi connectivity index (χ0n) is 5.80. The first kappa shape index (κ1) is 18.4. The normalized spacial score (nSPS) is 9.62. The molecule has 0 atom stereocenters. The molecule has 0 heterocycles. The van der Waals surface area contributed by atoms with Gasteiger partial charge in [0.25, 0.3) is 0 Å². The first-order chi connectivity index (χ1) is 5.12. The Bertz CT molecular complexity index is 296. The molecule has 0 radical (unpaired) electrons. The summed E-state index contributed by atoms with van der Waals surface area (Å²) in [6.07, 6.45) is 0. The summed E-state index contributed by atoms with van der Waals surface area (Å²) < 4.78 is 0. The Morgan fingerprint density at radius 2 is 0.769 bits per heavy atom. The Hall–Kier alpha value is -0.434. The van der Waals surface area contributed by atoms with E-state index in [2.05, 4.69) is 0 Å². The van der Waals surface area contributed by atoms with Crippen molar-refractivity contribution in [2.45, 2.75) is 0 Å². The molecule has 8 heteroatoms. The number of nitrogens with zero attached hydrogens (tertiary/aromatic N) is 5. The fourth-order valence-corrected chi connectivity index (χ4v) is 0.729. The van der Waals surface area contributed by atoms with E-state index >= 15 is 0 Å². The van der Waals surface area contributed by atoms with Crippen LogP contribution in [0.25, 0.3) is 0 Å². The van der Waals surface area contributed by atoms with Crippen LogP contribution in [0.1, 0.15) is 0 Å². The van der Waals surface area contributed by atoms with Crippen molar-refractivity contribution in [3.8, 4) is 24.8 Å². The zero-order valence-corrected chi connectivity index (χ0v) is 6.90. The van der Waals surface area contributed by atoms with Crippen molar-refractivity contribution < 1.29 is 11.8 Å². The molecule has 0 fully saturated rings. The van der Waals surface area contributed by atoms with Gasteiger partial charge in [-0.25, -0.2) is 0 Å². The van der Waals surface area contributed by atoms with Gasteiger partial charge in [0.15, 0.2) is 0 Å². The fourth-order valence-electron chi connectivity index (χ4n) is 0.177. The predicted molar refractivity (Wildman–Crippen MR) is 40.2 cm³/mol. The molecule has 0 saturated carbocycles. The van der Waals surface area contributed by atoms with E-state index in [1.54, 1.807) is 0 Å². The van der Waals surface area contributed by atoms with Gasteiger partial charge in [0, 0.05) is 0 Å². The van der Waals surface area contributed by atoms with Gasteiger partial charge < -0.3 is 6.15 Å². The minimum atomic E-state index is -4.78. The average Bonchev–Trinajstić information content (AvgIpc) is 2.12. The van der Waals surface area contributed by atoms with Gasteiger partial charge in [-0.2, -0.15) is 0 Å². The van der Waals surface area contributed by atoms with Gasteiger partial charge in [0.1, 0.15) is 0 Å². The van der Waals surface area contributed by atoms with Gasteiger partial charge in [-0.1, -0.05) is 0 Å². The standard InChI is InChI=1S/5CN.Fe.K.H3N.H/c5*1-2;;;;/h;;;;;;;1H3;. The van der Waals surface area contributed by atoms with Gasteiger partial charge in [0.05, 0.1) is 0 Å². The monoisotopic (exact) mass is 243 g/mol. The van der Waals surface area contributed by atoms with Crippen molar-refractivity contribution in [1.29, 1.82) is 26.3 Å². The summed E-state index contributed by atoms with van der Waals surface area (Å²) in [7, 11) is 0. The maximum atomic E-state index is 8.35. The second-order valence-corrected chi connectivity index (χ2v) is 5.27. The zero-order chi connectivity index (χ0) is 8.98. The molecule has 0 amide bonds. The second-order valence-electron chi connectivity index (χ2n) is 1.28. The molecular formula is C5H4FeKN6. The summed E-state index contributed by atoms with van der Waals surface area (Å²) >= 11 is -4.78. The fraction of sp³-hybridized carbons (Fsp3) is 0. The van der Waals surface area contributed by atoms with Crippen LogP contribution in [-0.4, -0.2) is 51.4 Å². The van der Waals surface area contributed by atoms with E-state index in [0.717, 1.165) is 0 Å². The second kappa shape index (κ2) is 6.09. The number of hydrogen-bond acceptors (Lipinski definition) is 6. The van der Waals surface area contributed by atoms with E-state index < -0.39 is 11.8 Å². The van der Waals surface area contributed by atoms with E-state index in [1.807, 2.05) is 0 Å². The van der Waals surface area contributed by atoms with Crippen molar-refractivity contribution in [3.05, 3.63) is 0 Å². The van der Waals surface area contributed by atoms with Crippen LogP contribution >= 0.6 is 0 Å². The summed E-state index contributed by atoms with van der Waals surface area (Å²) in [6.45, 7) is 0. The topological polar surface area (TPSA) is 154 Å². The SMILES string of the molecule is N.N#[C][Fe]([C]#N)([C]#N)([C]#N)[C]#N.[KH]. The summed E-state index contributed by atoms with van der Waals surface area (Å²) in [4.78, 5) is 6.12. The van der Waals surface area contributed by atoms with Gasteiger partial charge in [-0.05, 0) is 0 Å². The molecule has 0 spiro atoms. The molecule has 3 N–H and O–H groups in total. The number of hydrogen-bond donors (Lipinski definition) is 1. The molecule has 0 aliphatic carbocycles. The first-order valence-electron chi connectivity index (χ1n) is 2.00. The van der Waals surface area contributed by atoms with Crippen molar-refractivity contribution in [2.24, 2.45) is 0 Å². The number of nitriles is 5. The molecule has 0 aromatic carbocycles. The molecule has 0 rings (SSSR count). The van der Waals surface area contributed by atoms with E-state index in [0.29, 0.717) is 0 Å². The molecule has 0 aliphatic heterocycles. The van der Waals surface area contributed by atoms with E-state index in [1.165, 1.54) is 24.8 Å². The van der Waals surface area contributed by atoms with Crippen molar-refractivity contribution in [3.63, 3.8) is 0 Å². The van der Waals surface area contributed by atoms with Crippen LogP contribution in [0.4, 0.5) is 0 Å². The maximum absolute atomic E-state index is 8.35. The van der Waals surface area contributed by atoms with Crippen LogP contribution in [0.2, 0.25) is 0 Å². The first-order valence-corrected chi connectivity index (χ1v) is 4.76. The van der Waals surface area contributed by atoms with Gasteiger partial charge in [0.2, 0.25) is 0 Å². The van der Waals surface area contributed by atoms with E-state index in [4.69, 9.17) is 26.3 Å². The van der Waals surface area contributed by atoms with Gasteiger partial charge in [-0.3, -0.25) is 0 Å². The van der Waals surface area contributed by atoms with E-state index in [-0.39, 0.29) is 57.5 Å². The molecule has 0 aromatic heterocycles. The molecule has 13 heavy (non-hydrogen) atoms. The van der Waals surface area contributed by atoms with E-state index in [9.17, 15) is 0 Å². The molecule has 0 unspecified atom stereocenters. The van der Waals surface area contributed by atoms with Crippen LogP contribution in [0, 0.1) is 51.1 Å². The third-order valence-electron chi connectivity index (χ3n) is 0.791. The van der Waals surface area contributed by atoms with Gasteiger partial charge >= 0.3 is 114 Å². The Morgan fingerprint density at radius 3 is 0.769 bits per heavy atom. The molecule has 6 nitrogen and oxygen atoms in total. The Kier molecular flexibility index (Phi) is 8.60. The van der Waals surface area contributed by atoms with Crippen LogP contribution in [-0.2, 0) is 11.8 Å². The predicted octanol–water partition coefficient (Wildman–Crippen LogP) is -0.405. The van der Waals surface area contributed by atoms with Crippen LogP contribution in [0.5, 0.6) is 0 Å². The Balaban J connectivity index is -0.000000500. The summed E-state index contributed by atoms with van der Waals surface area (Å²) in [5, 5.41) is 41.8. The summed E-state index contributed by atoms with van der Waals surface area (Å²) in [5.41, 5.74) is 0. The molecule has 63 valence electrons. The minimum absolute atomic E-state index is 0. The van der Waals surface area contributed by atoms with Crippen molar-refractivity contribution >= 4 is 51.4 Å². The average molecular weight is 243 g/mol. The van der Waals surface area contributed by atoms with Crippen LogP contribution < -0.4 is 6.15 Å². The quantitative estimate of drug-likeness (QED) is 0.570. The van der Waals surface area contributed by atoms with Crippen molar-refractivity contribution in [1.82, 2.24) is 6.15 Å². The van der Waals surface area contributed by atoms with Crippen LogP contribution in [0.3, 0.4) is 0 Å².